The van der Waals surface area contributed by atoms with Crippen LogP contribution in [0.15, 0.2) is 42.5 Å². The summed E-state index contributed by atoms with van der Waals surface area (Å²) < 4.78 is 11.3. The first kappa shape index (κ1) is 24.1. The molecule has 0 saturated heterocycles. The highest BCUT2D eigenvalue weighted by atomic mass is 16.5. The molecule has 6 nitrogen and oxygen atoms in total. The fraction of sp³-hybridized carbons (Fsp3) is 0.333. The van der Waals surface area contributed by atoms with E-state index in [2.05, 4.69) is 0 Å². The molecule has 0 aliphatic heterocycles. The molecule has 0 radical (unpaired) electrons. The molecule has 0 aliphatic rings. The van der Waals surface area contributed by atoms with Crippen molar-refractivity contribution in [2.75, 3.05) is 14.2 Å². The van der Waals surface area contributed by atoms with E-state index in [-0.39, 0.29) is 34.8 Å². The van der Waals surface area contributed by atoms with Gasteiger partial charge in [0.1, 0.15) is 34.5 Å². The van der Waals surface area contributed by atoms with Crippen molar-refractivity contribution in [1.82, 2.24) is 0 Å². The van der Waals surface area contributed by atoms with E-state index < -0.39 is 5.92 Å². The Hall–Kier alpha value is -3.54. The molecule has 3 rings (SSSR count). The number of hydrogen-bond donors (Lipinski definition) is 4. The van der Waals surface area contributed by atoms with Crippen LogP contribution in [0, 0.1) is 0 Å². The number of phenols is 4. The normalized spacial score (nSPS) is 11.4. The largest absolute Gasteiger partial charge is 0.508 e. The Morgan fingerprint density at radius 3 is 1.39 bits per heavy atom. The predicted octanol–water partition coefficient (Wildman–Crippen LogP) is 5.95. The van der Waals surface area contributed by atoms with Gasteiger partial charge in [0.15, 0.2) is 0 Å². The van der Waals surface area contributed by atoms with Gasteiger partial charge in [0.05, 0.1) is 14.2 Å². The predicted molar refractivity (Wildman–Crippen MR) is 128 cm³/mol. The van der Waals surface area contributed by atoms with Crippen LogP contribution < -0.4 is 9.47 Å². The third kappa shape index (κ3) is 4.65. The topological polar surface area (TPSA) is 99.4 Å². The van der Waals surface area contributed by atoms with Crippen LogP contribution in [0.3, 0.4) is 0 Å². The van der Waals surface area contributed by atoms with Gasteiger partial charge >= 0.3 is 0 Å². The molecule has 33 heavy (non-hydrogen) atoms. The van der Waals surface area contributed by atoms with Crippen molar-refractivity contribution in [2.24, 2.45) is 0 Å². The molecule has 0 unspecified atom stereocenters. The molecule has 0 heterocycles. The van der Waals surface area contributed by atoms with E-state index in [0.717, 1.165) is 11.1 Å². The number of benzene rings is 3. The summed E-state index contributed by atoms with van der Waals surface area (Å²) >= 11 is 0. The molecule has 4 N–H and O–H groups in total. The van der Waals surface area contributed by atoms with Crippen LogP contribution in [0.5, 0.6) is 34.5 Å². The van der Waals surface area contributed by atoms with Gasteiger partial charge in [-0.2, -0.15) is 0 Å². The second kappa shape index (κ2) is 9.53. The Morgan fingerprint density at radius 1 is 0.545 bits per heavy atom. The highest BCUT2D eigenvalue weighted by molar-refractivity contribution is 5.62. The Morgan fingerprint density at radius 2 is 1.00 bits per heavy atom. The lowest BCUT2D eigenvalue weighted by molar-refractivity contribution is 0.392. The van der Waals surface area contributed by atoms with Gasteiger partial charge in [-0.1, -0.05) is 27.7 Å². The average Bonchev–Trinajstić information content (AvgIpc) is 2.76. The molecule has 3 aromatic rings. The molecule has 0 spiro atoms. The van der Waals surface area contributed by atoms with Crippen molar-refractivity contribution in [2.45, 2.75) is 45.4 Å². The number of rotatable bonds is 7. The Kier molecular flexibility index (Phi) is 6.96. The lowest BCUT2D eigenvalue weighted by atomic mass is 9.80. The molecular weight excluding hydrogens is 420 g/mol. The minimum atomic E-state index is -0.627. The van der Waals surface area contributed by atoms with Gasteiger partial charge in [0, 0.05) is 34.7 Å². The van der Waals surface area contributed by atoms with Crippen LogP contribution in [0.1, 0.15) is 73.3 Å². The van der Waals surface area contributed by atoms with Crippen LogP contribution in [-0.4, -0.2) is 34.6 Å². The zero-order valence-corrected chi connectivity index (χ0v) is 19.9. The second-order valence-corrected chi connectivity index (χ2v) is 8.79. The number of phenolic OH excluding ortho intramolecular Hbond substituents is 4. The van der Waals surface area contributed by atoms with Crippen molar-refractivity contribution >= 4 is 0 Å². The fourth-order valence-electron chi connectivity index (χ4n) is 4.21. The molecule has 0 bridgehead atoms. The van der Waals surface area contributed by atoms with Gasteiger partial charge in [-0.25, -0.2) is 0 Å². The Bertz CT molecular complexity index is 1080. The summed E-state index contributed by atoms with van der Waals surface area (Å²) in [4.78, 5) is 0. The lowest BCUT2D eigenvalue weighted by Crippen LogP contribution is -2.10. The monoisotopic (exact) mass is 452 g/mol. The van der Waals surface area contributed by atoms with Gasteiger partial charge in [0.2, 0.25) is 0 Å². The molecule has 0 aromatic heterocycles. The number of hydrogen-bond acceptors (Lipinski definition) is 6. The first-order valence-corrected chi connectivity index (χ1v) is 10.9. The average molecular weight is 453 g/mol. The maximum atomic E-state index is 10.8. The third-order valence-corrected chi connectivity index (χ3v) is 5.95. The van der Waals surface area contributed by atoms with Crippen LogP contribution in [0.2, 0.25) is 0 Å². The summed E-state index contributed by atoms with van der Waals surface area (Å²) in [6.07, 6.45) is 0. The molecule has 0 atom stereocenters. The smallest absolute Gasteiger partial charge is 0.126 e. The van der Waals surface area contributed by atoms with Gasteiger partial charge in [-0.05, 0) is 53.3 Å². The van der Waals surface area contributed by atoms with E-state index in [9.17, 15) is 20.4 Å². The van der Waals surface area contributed by atoms with Crippen molar-refractivity contribution < 1.29 is 29.9 Å². The van der Waals surface area contributed by atoms with E-state index in [1.165, 1.54) is 32.4 Å². The van der Waals surface area contributed by atoms with Crippen molar-refractivity contribution in [3.8, 4) is 34.5 Å². The summed E-state index contributed by atoms with van der Waals surface area (Å²) in [6.45, 7) is 7.91. The number of methoxy groups -OCH3 is 2. The fourth-order valence-corrected chi connectivity index (χ4v) is 4.21. The lowest BCUT2D eigenvalue weighted by Gasteiger charge is -2.26. The molecule has 0 amide bonds. The minimum absolute atomic E-state index is 0.00328. The van der Waals surface area contributed by atoms with Gasteiger partial charge in [-0.15, -0.1) is 0 Å². The summed E-state index contributed by atoms with van der Waals surface area (Å²) in [5, 5.41) is 42.2. The Labute approximate surface area is 194 Å². The number of aromatic hydroxyl groups is 4. The SMILES string of the molecule is COc1cc(O)c(C(C)C)cc1C(c1cc(O)ccc1O)c1cc(C(C)C)c(O)cc1OC. The maximum absolute atomic E-state index is 10.8. The highest BCUT2D eigenvalue weighted by Crippen LogP contribution is 2.48. The standard InChI is InChI=1S/C27H32O6/c1-14(2)17-10-20(25(32-5)12-23(17)30)27(19-9-16(28)7-8-22(19)29)21-11-18(15(3)4)24(31)13-26(21)33-6/h7-15,27-31H,1-6H3. The Balaban J connectivity index is 2.46. The molecule has 6 heteroatoms. The van der Waals surface area contributed by atoms with E-state index >= 15 is 0 Å². The molecule has 176 valence electrons. The molecule has 0 saturated carbocycles. The van der Waals surface area contributed by atoms with Gasteiger partial charge in [-0.3, -0.25) is 0 Å². The van der Waals surface area contributed by atoms with E-state index in [1.54, 1.807) is 12.1 Å². The first-order chi connectivity index (χ1) is 15.6. The van der Waals surface area contributed by atoms with Crippen molar-refractivity contribution in [3.63, 3.8) is 0 Å². The van der Waals surface area contributed by atoms with Crippen molar-refractivity contribution in [3.05, 3.63) is 70.3 Å². The van der Waals surface area contributed by atoms with Crippen LogP contribution in [0.25, 0.3) is 0 Å². The first-order valence-electron chi connectivity index (χ1n) is 10.9. The molecule has 0 aliphatic carbocycles. The van der Waals surface area contributed by atoms with Crippen LogP contribution in [0.4, 0.5) is 0 Å². The highest BCUT2D eigenvalue weighted by Gasteiger charge is 2.29. The molecule has 0 fully saturated rings. The van der Waals surface area contributed by atoms with Gasteiger partial charge in [0.25, 0.3) is 0 Å². The minimum Gasteiger partial charge on any atom is -0.508 e. The third-order valence-electron chi connectivity index (χ3n) is 5.95. The summed E-state index contributed by atoms with van der Waals surface area (Å²) in [5.74, 6) is 0.490. The number of ether oxygens (including phenoxy) is 2. The van der Waals surface area contributed by atoms with E-state index in [1.807, 2.05) is 39.8 Å². The van der Waals surface area contributed by atoms with Crippen LogP contribution >= 0.6 is 0 Å². The van der Waals surface area contributed by atoms with E-state index in [0.29, 0.717) is 28.2 Å². The quantitative estimate of drug-likeness (QED) is 0.261. The van der Waals surface area contributed by atoms with Gasteiger partial charge < -0.3 is 29.9 Å². The van der Waals surface area contributed by atoms with Crippen molar-refractivity contribution in [1.29, 1.82) is 0 Å². The van der Waals surface area contributed by atoms with E-state index in [4.69, 9.17) is 9.47 Å². The summed E-state index contributed by atoms with van der Waals surface area (Å²) in [5.41, 5.74) is 3.24. The summed E-state index contributed by atoms with van der Waals surface area (Å²) in [6, 6.07) is 11.2. The summed E-state index contributed by atoms with van der Waals surface area (Å²) in [7, 11) is 3.03. The zero-order valence-electron chi connectivity index (χ0n) is 19.9. The molecule has 3 aromatic carbocycles. The molecular formula is C27H32O6. The zero-order chi connectivity index (χ0) is 24.4. The second-order valence-electron chi connectivity index (χ2n) is 8.79. The van der Waals surface area contributed by atoms with Crippen LogP contribution in [-0.2, 0) is 0 Å². The maximum Gasteiger partial charge on any atom is 0.126 e.